The summed E-state index contributed by atoms with van der Waals surface area (Å²) in [4.78, 5) is 0.885. The molecule has 7 heteroatoms. The molecule has 0 saturated heterocycles. The highest BCUT2D eigenvalue weighted by Gasteiger charge is 2.22. The average molecular weight is 304 g/mol. The van der Waals surface area contributed by atoms with Gasteiger partial charge >= 0.3 is 0 Å². The van der Waals surface area contributed by atoms with Gasteiger partial charge in [-0.1, -0.05) is 12.1 Å². The molecule has 0 radical (unpaired) electrons. The molecule has 5 nitrogen and oxygen atoms in total. The van der Waals surface area contributed by atoms with Crippen molar-refractivity contribution in [2.45, 2.75) is 17.9 Å². The molecule has 0 aliphatic rings. The van der Waals surface area contributed by atoms with E-state index in [4.69, 9.17) is 10.8 Å². The van der Waals surface area contributed by atoms with Gasteiger partial charge in [0.25, 0.3) is 0 Å². The highest BCUT2D eigenvalue weighted by atomic mass is 32.2. The fourth-order valence-electron chi connectivity index (χ4n) is 1.40. The highest BCUT2D eigenvalue weighted by Crippen LogP contribution is 2.24. The molecule has 0 aliphatic carbocycles. The molecule has 1 atom stereocenters. The molecule has 0 amide bonds. The van der Waals surface area contributed by atoms with E-state index in [2.05, 4.69) is 0 Å². The van der Waals surface area contributed by atoms with Gasteiger partial charge < -0.3 is 10.8 Å². The predicted octanol–water partition coefficient (Wildman–Crippen LogP) is 1.00. The van der Waals surface area contributed by atoms with Crippen LogP contribution in [-0.4, -0.2) is 49.0 Å². The van der Waals surface area contributed by atoms with Crippen LogP contribution in [0.2, 0.25) is 0 Å². The minimum atomic E-state index is -3.34. The minimum absolute atomic E-state index is 0.0207. The average Bonchev–Trinajstić information content (AvgIpc) is 2.39. The second-order valence-corrected chi connectivity index (χ2v) is 7.53. The van der Waals surface area contributed by atoms with Crippen molar-refractivity contribution in [3.05, 3.63) is 24.3 Å². The number of nitrogen functional groups attached to an aromatic ring is 1. The molecule has 1 rings (SSSR count). The lowest BCUT2D eigenvalue weighted by atomic mass is 10.3. The number of nitrogens with two attached hydrogens (primary N) is 1. The Morgan fingerprint density at radius 3 is 2.63 bits per heavy atom. The van der Waals surface area contributed by atoms with Crippen LogP contribution in [0.5, 0.6) is 0 Å². The molecule has 0 fully saturated rings. The minimum Gasteiger partial charge on any atom is -0.398 e. The van der Waals surface area contributed by atoms with E-state index in [9.17, 15) is 8.42 Å². The Kier molecular flexibility index (Phi) is 6.12. The summed E-state index contributed by atoms with van der Waals surface area (Å²) in [5, 5.41) is 8.98. The van der Waals surface area contributed by atoms with Gasteiger partial charge in [-0.25, -0.2) is 8.42 Å². The zero-order chi connectivity index (χ0) is 14.5. The van der Waals surface area contributed by atoms with Crippen LogP contribution in [0.4, 0.5) is 5.69 Å². The number of thioether (sulfide) groups is 1. The van der Waals surface area contributed by atoms with Crippen molar-refractivity contribution in [3.63, 3.8) is 0 Å². The molecule has 1 unspecified atom stereocenters. The monoisotopic (exact) mass is 304 g/mol. The second-order valence-electron chi connectivity index (χ2n) is 4.25. The maximum atomic E-state index is 12.0. The van der Waals surface area contributed by atoms with E-state index in [1.54, 1.807) is 13.0 Å². The first-order valence-electron chi connectivity index (χ1n) is 5.92. The van der Waals surface area contributed by atoms with E-state index in [1.807, 2.05) is 18.2 Å². The number of hydrogen-bond donors (Lipinski definition) is 2. The first-order valence-corrected chi connectivity index (χ1v) is 8.52. The van der Waals surface area contributed by atoms with Crippen LogP contribution in [0.15, 0.2) is 29.2 Å². The van der Waals surface area contributed by atoms with Crippen molar-refractivity contribution in [3.8, 4) is 0 Å². The standard InChI is InChI=1S/C12H20N2O3S2/c1-10(9-15)14(2)19(16,17)8-7-18-12-6-4-3-5-11(12)13/h3-6,10,15H,7-9,13H2,1-2H3. The van der Waals surface area contributed by atoms with Crippen LogP contribution in [-0.2, 0) is 10.0 Å². The van der Waals surface area contributed by atoms with Gasteiger partial charge in [-0.3, -0.25) is 0 Å². The van der Waals surface area contributed by atoms with Crippen LogP contribution in [0.25, 0.3) is 0 Å². The maximum Gasteiger partial charge on any atom is 0.214 e. The number of hydrogen-bond acceptors (Lipinski definition) is 5. The molecule has 0 aliphatic heterocycles. The van der Waals surface area contributed by atoms with Crippen LogP contribution < -0.4 is 5.73 Å². The van der Waals surface area contributed by atoms with Crippen LogP contribution in [0.3, 0.4) is 0 Å². The lowest BCUT2D eigenvalue weighted by Gasteiger charge is -2.22. The molecule has 0 aromatic heterocycles. The molecule has 0 heterocycles. The molecular formula is C12H20N2O3S2. The molecular weight excluding hydrogens is 284 g/mol. The molecule has 19 heavy (non-hydrogen) atoms. The summed E-state index contributed by atoms with van der Waals surface area (Å²) in [6.07, 6.45) is 0. The number of anilines is 1. The first kappa shape index (κ1) is 16.3. The van der Waals surface area contributed by atoms with Crippen molar-refractivity contribution < 1.29 is 13.5 Å². The summed E-state index contributed by atoms with van der Waals surface area (Å²) in [6, 6.07) is 6.96. The van der Waals surface area contributed by atoms with Gasteiger partial charge in [0.1, 0.15) is 0 Å². The Bertz CT molecular complexity index is 505. The largest absolute Gasteiger partial charge is 0.398 e. The Hall–Kier alpha value is -0.760. The summed E-state index contributed by atoms with van der Waals surface area (Å²) in [5.74, 6) is 0.450. The highest BCUT2D eigenvalue weighted by molar-refractivity contribution is 8.00. The Labute approximate surface area is 118 Å². The second kappa shape index (κ2) is 7.14. The van der Waals surface area contributed by atoms with Crippen molar-refractivity contribution >= 4 is 27.5 Å². The van der Waals surface area contributed by atoms with Gasteiger partial charge in [-0.05, 0) is 19.1 Å². The van der Waals surface area contributed by atoms with Crippen molar-refractivity contribution in [2.75, 3.05) is 30.9 Å². The molecule has 0 saturated carbocycles. The molecule has 1 aromatic rings. The molecule has 3 N–H and O–H groups in total. The summed E-state index contributed by atoms with van der Waals surface area (Å²) < 4.78 is 25.2. The van der Waals surface area contributed by atoms with Crippen LogP contribution in [0, 0.1) is 0 Å². The topological polar surface area (TPSA) is 83.6 Å². The zero-order valence-electron chi connectivity index (χ0n) is 11.1. The molecule has 0 bridgehead atoms. The predicted molar refractivity (Wildman–Crippen MR) is 79.7 cm³/mol. The smallest absolute Gasteiger partial charge is 0.214 e. The van der Waals surface area contributed by atoms with Crippen molar-refractivity contribution in [2.24, 2.45) is 0 Å². The van der Waals surface area contributed by atoms with Crippen LogP contribution >= 0.6 is 11.8 Å². The Morgan fingerprint density at radius 2 is 2.05 bits per heavy atom. The maximum absolute atomic E-state index is 12.0. The third-order valence-corrected chi connectivity index (χ3v) is 6.15. The number of sulfonamides is 1. The van der Waals surface area contributed by atoms with Gasteiger partial charge in [0.05, 0.1) is 12.4 Å². The van der Waals surface area contributed by atoms with Crippen LogP contribution in [0.1, 0.15) is 6.92 Å². The number of nitrogens with zero attached hydrogens (tertiary/aromatic N) is 1. The lowest BCUT2D eigenvalue weighted by Crippen LogP contribution is -2.39. The Morgan fingerprint density at radius 1 is 1.42 bits per heavy atom. The van der Waals surface area contributed by atoms with E-state index < -0.39 is 16.1 Å². The number of para-hydroxylation sites is 1. The number of aliphatic hydroxyl groups excluding tert-OH is 1. The van der Waals surface area contributed by atoms with E-state index in [0.29, 0.717) is 11.4 Å². The third-order valence-electron chi connectivity index (χ3n) is 2.84. The van der Waals surface area contributed by atoms with E-state index >= 15 is 0 Å². The molecule has 108 valence electrons. The Balaban J connectivity index is 2.55. The van der Waals surface area contributed by atoms with Gasteiger partial charge in [0.15, 0.2) is 0 Å². The zero-order valence-corrected chi connectivity index (χ0v) is 12.7. The summed E-state index contributed by atoms with van der Waals surface area (Å²) in [6.45, 7) is 1.48. The summed E-state index contributed by atoms with van der Waals surface area (Å²) >= 11 is 1.42. The van der Waals surface area contributed by atoms with Gasteiger partial charge in [-0.15, -0.1) is 11.8 Å². The fourth-order valence-corrected chi connectivity index (χ4v) is 4.11. The number of rotatable bonds is 7. The van der Waals surface area contributed by atoms with E-state index in [0.717, 1.165) is 4.90 Å². The third kappa shape index (κ3) is 4.68. The van der Waals surface area contributed by atoms with Crippen molar-refractivity contribution in [1.82, 2.24) is 4.31 Å². The number of aliphatic hydroxyl groups is 1. The summed E-state index contributed by atoms with van der Waals surface area (Å²) in [7, 11) is -1.86. The quantitative estimate of drug-likeness (QED) is 0.580. The van der Waals surface area contributed by atoms with Gasteiger partial charge in [0.2, 0.25) is 10.0 Å². The first-order chi connectivity index (χ1) is 8.88. The van der Waals surface area contributed by atoms with Gasteiger partial charge in [-0.2, -0.15) is 4.31 Å². The number of likely N-dealkylation sites (N-methyl/N-ethyl adjacent to an activating group) is 1. The number of benzene rings is 1. The molecule has 0 spiro atoms. The summed E-state index contributed by atoms with van der Waals surface area (Å²) in [5.41, 5.74) is 6.44. The van der Waals surface area contributed by atoms with Gasteiger partial charge in [0, 0.05) is 29.4 Å². The fraction of sp³-hybridized carbons (Fsp3) is 0.500. The lowest BCUT2D eigenvalue weighted by molar-refractivity contribution is 0.214. The van der Waals surface area contributed by atoms with Crippen molar-refractivity contribution in [1.29, 1.82) is 0 Å². The van der Waals surface area contributed by atoms with E-state index in [1.165, 1.54) is 23.1 Å². The normalized spacial score (nSPS) is 13.7. The van der Waals surface area contributed by atoms with E-state index in [-0.39, 0.29) is 12.4 Å². The molecule has 1 aromatic carbocycles. The SMILES string of the molecule is CC(CO)N(C)S(=O)(=O)CCSc1ccccc1N.